The van der Waals surface area contributed by atoms with Gasteiger partial charge in [0.1, 0.15) is 0 Å². The Kier molecular flexibility index (Phi) is 6.38. The largest absolute Gasteiger partial charge is 0.350 e. The molecule has 1 N–H and O–H groups in total. The van der Waals surface area contributed by atoms with Crippen LogP contribution in [0.4, 0.5) is 0 Å². The smallest absolute Gasteiger partial charge is 0.243 e. The molecule has 1 aromatic heterocycles. The Bertz CT molecular complexity index is 683. The average Bonchev–Trinajstić information content (AvgIpc) is 3.10. The first kappa shape index (κ1) is 17.8. The molecule has 1 amide bonds. The number of hydrogen-bond donors (Lipinski definition) is 1. The van der Waals surface area contributed by atoms with Gasteiger partial charge in [0.2, 0.25) is 17.6 Å². The number of nitrogens with one attached hydrogen (secondary N) is 1. The van der Waals surface area contributed by atoms with Gasteiger partial charge in [0.15, 0.2) is 6.29 Å². The molecule has 1 aliphatic rings. The fourth-order valence-corrected chi connectivity index (χ4v) is 2.59. The summed E-state index contributed by atoms with van der Waals surface area (Å²) in [6.45, 7) is 0.674. The van der Waals surface area contributed by atoms with Crippen LogP contribution in [0.2, 0.25) is 5.02 Å². The number of hydrogen-bond acceptors (Lipinski definition) is 6. The van der Waals surface area contributed by atoms with Gasteiger partial charge < -0.3 is 9.26 Å². The summed E-state index contributed by atoms with van der Waals surface area (Å²) in [5.41, 5.74) is 3.26. The van der Waals surface area contributed by atoms with Crippen LogP contribution in [0.3, 0.4) is 0 Å². The van der Waals surface area contributed by atoms with E-state index >= 15 is 0 Å². The summed E-state index contributed by atoms with van der Waals surface area (Å²) in [6.07, 6.45) is 3.97. The lowest BCUT2D eigenvalue weighted by atomic mass is 10.2. The van der Waals surface area contributed by atoms with E-state index in [1.54, 1.807) is 12.1 Å². The number of aromatic nitrogens is 2. The zero-order valence-electron chi connectivity index (χ0n) is 13.7. The van der Waals surface area contributed by atoms with E-state index in [0.717, 1.165) is 24.8 Å². The molecule has 1 saturated heterocycles. The summed E-state index contributed by atoms with van der Waals surface area (Å²) >= 11 is 5.86. The predicted octanol–water partition coefficient (Wildman–Crippen LogP) is 3.29. The number of amides is 1. The van der Waals surface area contributed by atoms with Crippen molar-refractivity contribution in [1.29, 1.82) is 0 Å². The van der Waals surface area contributed by atoms with Gasteiger partial charge >= 0.3 is 0 Å². The van der Waals surface area contributed by atoms with E-state index in [1.807, 2.05) is 12.1 Å². The SMILES string of the molecule is O=C(CCCc1nc(-c2ccc(Cl)cc2)no1)NOC1CCCCO1. The Morgan fingerprint density at radius 1 is 1.32 bits per heavy atom. The van der Waals surface area contributed by atoms with E-state index in [9.17, 15) is 4.79 Å². The van der Waals surface area contributed by atoms with Crippen molar-refractivity contribution in [3.05, 3.63) is 35.2 Å². The van der Waals surface area contributed by atoms with Gasteiger partial charge in [-0.05, 0) is 43.5 Å². The summed E-state index contributed by atoms with van der Waals surface area (Å²) in [5.74, 6) is 0.815. The molecule has 0 spiro atoms. The van der Waals surface area contributed by atoms with Gasteiger partial charge in [0, 0.05) is 36.5 Å². The summed E-state index contributed by atoms with van der Waals surface area (Å²) in [5, 5.41) is 4.59. The van der Waals surface area contributed by atoms with Gasteiger partial charge in [0.25, 0.3) is 0 Å². The van der Waals surface area contributed by atoms with E-state index in [4.69, 9.17) is 25.7 Å². The monoisotopic (exact) mass is 365 g/mol. The molecule has 3 rings (SSSR count). The Morgan fingerprint density at radius 2 is 2.16 bits per heavy atom. The zero-order chi connectivity index (χ0) is 17.5. The van der Waals surface area contributed by atoms with Crippen molar-refractivity contribution >= 4 is 17.5 Å². The number of ether oxygens (including phenoxy) is 1. The molecule has 0 saturated carbocycles. The third kappa shape index (κ3) is 5.52. The number of benzene rings is 1. The van der Waals surface area contributed by atoms with Crippen LogP contribution in [0.25, 0.3) is 11.4 Å². The fraction of sp³-hybridized carbons (Fsp3) is 0.471. The first-order chi connectivity index (χ1) is 12.2. The topological polar surface area (TPSA) is 86.5 Å². The molecular weight excluding hydrogens is 346 g/mol. The molecule has 1 unspecified atom stereocenters. The summed E-state index contributed by atoms with van der Waals surface area (Å²) in [6, 6.07) is 7.20. The maximum absolute atomic E-state index is 11.8. The van der Waals surface area contributed by atoms with Crippen LogP contribution in [0.1, 0.15) is 38.0 Å². The van der Waals surface area contributed by atoms with Crippen molar-refractivity contribution in [2.24, 2.45) is 0 Å². The molecule has 1 aromatic carbocycles. The van der Waals surface area contributed by atoms with Gasteiger partial charge in [-0.1, -0.05) is 16.8 Å². The molecule has 1 fully saturated rings. The van der Waals surface area contributed by atoms with Crippen molar-refractivity contribution < 1.29 is 18.9 Å². The van der Waals surface area contributed by atoms with Crippen LogP contribution >= 0.6 is 11.6 Å². The summed E-state index contributed by atoms with van der Waals surface area (Å²) < 4.78 is 10.6. The van der Waals surface area contributed by atoms with Crippen molar-refractivity contribution in [3.63, 3.8) is 0 Å². The minimum absolute atomic E-state index is 0.188. The van der Waals surface area contributed by atoms with Gasteiger partial charge in [0.05, 0.1) is 0 Å². The van der Waals surface area contributed by atoms with Gasteiger partial charge in [-0.2, -0.15) is 4.98 Å². The highest BCUT2D eigenvalue weighted by Crippen LogP contribution is 2.19. The van der Waals surface area contributed by atoms with Crippen LogP contribution in [0, 0.1) is 0 Å². The highest BCUT2D eigenvalue weighted by atomic mass is 35.5. The third-order valence-electron chi connectivity index (χ3n) is 3.81. The molecule has 0 aliphatic carbocycles. The molecule has 2 aromatic rings. The molecular formula is C17H20ClN3O4. The van der Waals surface area contributed by atoms with Crippen molar-refractivity contribution in [1.82, 2.24) is 15.6 Å². The second-order valence-corrected chi connectivity index (χ2v) is 6.25. The van der Waals surface area contributed by atoms with Crippen molar-refractivity contribution in [3.8, 4) is 11.4 Å². The first-order valence-corrected chi connectivity index (χ1v) is 8.73. The molecule has 0 radical (unpaired) electrons. The highest BCUT2D eigenvalue weighted by Gasteiger charge is 2.16. The molecule has 8 heteroatoms. The lowest BCUT2D eigenvalue weighted by Crippen LogP contribution is -2.33. The van der Waals surface area contributed by atoms with Crippen LogP contribution in [0.15, 0.2) is 28.8 Å². The van der Waals surface area contributed by atoms with E-state index in [0.29, 0.717) is 42.6 Å². The van der Waals surface area contributed by atoms with Gasteiger partial charge in [-0.25, -0.2) is 10.3 Å². The van der Waals surface area contributed by atoms with E-state index in [-0.39, 0.29) is 12.2 Å². The Labute approximate surface area is 150 Å². The number of carbonyl (C=O) groups is 1. The molecule has 1 atom stereocenters. The molecule has 0 bridgehead atoms. The number of carbonyl (C=O) groups excluding carboxylic acids is 1. The lowest BCUT2D eigenvalue weighted by molar-refractivity contribution is -0.200. The average molecular weight is 366 g/mol. The standard InChI is InChI=1S/C17H20ClN3O4/c18-13-9-7-12(8-10-13)17-19-15(24-21-17)5-3-4-14(22)20-25-16-6-1-2-11-23-16/h7-10,16H,1-6,11H2,(H,20,22). The van der Waals surface area contributed by atoms with Crippen LogP contribution in [-0.4, -0.2) is 28.9 Å². The first-order valence-electron chi connectivity index (χ1n) is 8.35. The minimum atomic E-state index is -0.337. The molecule has 25 heavy (non-hydrogen) atoms. The zero-order valence-corrected chi connectivity index (χ0v) is 14.5. The van der Waals surface area contributed by atoms with Crippen LogP contribution < -0.4 is 5.48 Å². The summed E-state index contributed by atoms with van der Waals surface area (Å²) in [7, 11) is 0. The molecule has 2 heterocycles. The maximum atomic E-state index is 11.8. The number of nitrogens with zero attached hydrogens (tertiary/aromatic N) is 2. The van der Waals surface area contributed by atoms with Crippen LogP contribution in [0.5, 0.6) is 0 Å². The maximum Gasteiger partial charge on any atom is 0.243 e. The lowest BCUT2D eigenvalue weighted by Gasteiger charge is -2.22. The number of aryl methyl sites for hydroxylation is 1. The van der Waals surface area contributed by atoms with E-state index in [2.05, 4.69) is 15.6 Å². The van der Waals surface area contributed by atoms with Crippen LogP contribution in [-0.2, 0) is 20.8 Å². The number of rotatable bonds is 7. The number of hydroxylamine groups is 1. The molecule has 7 nitrogen and oxygen atoms in total. The van der Waals surface area contributed by atoms with E-state index in [1.165, 1.54) is 0 Å². The predicted molar refractivity (Wildman–Crippen MR) is 90.5 cm³/mol. The van der Waals surface area contributed by atoms with Crippen molar-refractivity contribution in [2.75, 3.05) is 6.61 Å². The highest BCUT2D eigenvalue weighted by molar-refractivity contribution is 6.30. The second kappa shape index (κ2) is 8.94. The fourth-order valence-electron chi connectivity index (χ4n) is 2.46. The summed E-state index contributed by atoms with van der Waals surface area (Å²) in [4.78, 5) is 21.3. The van der Waals surface area contributed by atoms with Gasteiger partial charge in [-0.15, -0.1) is 0 Å². The quantitative estimate of drug-likeness (QED) is 0.758. The Morgan fingerprint density at radius 3 is 2.92 bits per heavy atom. The van der Waals surface area contributed by atoms with Crippen molar-refractivity contribution in [2.45, 2.75) is 44.8 Å². The third-order valence-corrected chi connectivity index (χ3v) is 4.06. The number of halogens is 1. The van der Waals surface area contributed by atoms with E-state index < -0.39 is 0 Å². The normalized spacial score (nSPS) is 17.4. The van der Waals surface area contributed by atoms with Gasteiger partial charge in [-0.3, -0.25) is 4.79 Å². The second-order valence-electron chi connectivity index (χ2n) is 5.81. The minimum Gasteiger partial charge on any atom is -0.350 e. The Hall–Kier alpha value is -1.96. The molecule has 134 valence electrons. The Balaban J connectivity index is 1.38. The molecule has 1 aliphatic heterocycles.